The third-order valence-electron chi connectivity index (χ3n) is 12.0. The molecule has 2 aliphatic rings. The first kappa shape index (κ1) is 55.1. The summed E-state index contributed by atoms with van der Waals surface area (Å²) in [4.78, 5) is 72.1. The summed E-state index contributed by atoms with van der Waals surface area (Å²) < 4.78 is 25.9. The second-order valence-corrected chi connectivity index (χ2v) is 20.3. The molecule has 0 fully saturated rings. The van der Waals surface area contributed by atoms with Crippen molar-refractivity contribution in [3.63, 3.8) is 0 Å². The lowest BCUT2D eigenvalue weighted by Crippen LogP contribution is -2.26. The average Bonchev–Trinajstić information content (AvgIpc) is 4.17. The van der Waals surface area contributed by atoms with Crippen molar-refractivity contribution in [1.82, 2.24) is 31.2 Å². The highest BCUT2D eigenvalue weighted by Crippen LogP contribution is 2.26. The summed E-state index contributed by atoms with van der Waals surface area (Å²) in [6, 6.07) is 31.7. The number of amides is 4. The molecule has 77 heavy (non-hydrogen) atoms. The van der Waals surface area contributed by atoms with Crippen LogP contribution in [0.2, 0.25) is 10.0 Å². The van der Waals surface area contributed by atoms with E-state index in [9.17, 15) is 27.6 Å². The van der Waals surface area contributed by atoms with E-state index in [-0.39, 0.29) is 11.8 Å². The lowest BCUT2D eigenvalue weighted by atomic mass is 10.1. The van der Waals surface area contributed by atoms with Gasteiger partial charge in [0.1, 0.15) is 11.7 Å². The molecule has 0 radical (unpaired) electrons. The Kier molecular flexibility index (Phi) is 18.6. The molecule has 19 nitrogen and oxygen atoms in total. The Bertz CT molecular complexity index is 3290. The molecule has 4 amide bonds. The Balaban J connectivity index is 0.00000150. The number of fused-ring (bicyclic) bond motifs is 2. The van der Waals surface area contributed by atoms with Gasteiger partial charge in [-0.1, -0.05) is 23.2 Å². The Morgan fingerprint density at radius 3 is 1.32 bits per heavy atom. The van der Waals surface area contributed by atoms with Gasteiger partial charge in [0.05, 0.1) is 30.4 Å². The van der Waals surface area contributed by atoms with Gasteiger partial charge >= 0.3 is 0 Å². The fraction of sp³-hybridized carbons (Fsp3) is 0.236. The maximum Gasteiger partial charge on any atom is 0.261 e. The lowest BCUT2D eigenvalue weighted by Gasteiger charge is -2.13. The zero-order valence-corrected chi connectivity index (χ0v) is 44.2. The summed E-state index contributed by atoms with van der Waals surface area (Å²) >= 11 is 12.3. The topological polar surface area (TPSA) is 269 Å². The van der Waals surface area contributed by atoms with Crippen molar-refractivity contribution in [3.8, 4) is 0 Å². The molecular weight excluding hydrogens is 1040 g/mol. The number of aromatic nitrogens is 2. The van der Waals surface area contributed by atoms with E-state index in [4.69, 9.17) is 27.8 Å². The Labute approximate surface area is 454 Å². The number of nitrogens with zero attached hydrogens (tertiary/aromatic N) is 4. The molecule has 4 heterocycles. The molecule has 22 heteroatoms. The summed E-state index contributed by atoms with van der Waals surface area (Å²) in [5.74, 6) is -0.135. The first-order valence-corrected chi connectivity index (χ1v) is 27.4. The summed E-state index contributed by atoms with van der Waals surface area (Å²) in [6.07, 6.45) is 7.30. The molecule has 2 aromatic heterocycles. The standard InChI is InChI=1S/C54H52Cl2N12O4.CH4O3S/c55-39-9-11-43-45(13-19-59-47(43)31-39)57-15-1-3-17-65-51(69)37-25-35(49-61-21-22-62-49)27-41(29-37)67-53(71)33-5-7-34(8-6-33)54(72)68-42-28-36(50-63-23-24-64-50)26-38(30-42)52(70)66-18-4-2-16-58-46-14-20-60-48-32-40(56)10-12-44(46)48;1-5(2,3)4/h5-14,19-20,25-32H,1-4,15-18,21-24H2,(H,57,59)(H,58,60)(H,61,62)(H,63,64)(H,65,69)(H,66,70)(H,67,71)(H,68,72);1H3,(H,2,3,4). The molecule has 0 spiro atoms. The van der Waals surface area contributed by atoms with E-state index < -0.39 is 21.9 Å². The maximum atomic E-state index is 13.6. The quantitative estimate of drug-likeness (QED) is 0.0259. The lowest BCUT2D eigenvalue weighted by molar-refractivity contribution is 0.0945. The zero-order valence-electron chi connectivity index (χ0n) is 41.9. The van der Waals surface area contributed by atoms with E-state index in [1.807, 2.05) is 48.5 Å². The predicted molar refractivity (Wildman–Crippen MR) is 305 cm³/mol. The molecule has 0 bridgehead atoms. The highest BCUT2D eigenvalue weighted by atomic mass is 35.5. The molecule has 0 unspecified atom stereocenters. The van der Waals surface area contributed by atoms with Gasteiger partial charge in [-0.15, -0.1) is 0 Å². The molecule has 0 aliphatic carbocycles. The van der Waals surface area contributed by atoms with Gasteiger partial charge in [0.2, 0.25) is 0 Å². The maximum absolute atomic E-state index is 13.6. The van der Waals surface area contributed by atoms with Crippen LogP contribution < -0.4 is 42.5 Å². The number of hydrogen-bond donors (Lipinski definition) is 9. The first-order valence-electron chi connectivity index (χ1n) is 24.8. The van der Waals surface area contributed by atoms with Crippen LogP contribution in [-0.2, 0) is 10.1 Å². The summed E-state index contributed by atoms with van der Waals surface area (Å²) in [7, 11) is -3.67. The van der Waals surface area contributed by atoms with E-state index >= 15 is 0 Å². The van der Waals surface area contributed by atoms with E-state index in [1.165, 1.54) is 0 Å². The van der Waals surface area contributed by atoms with Crippen LogP contribution in [0.1, 0.15) is 78.2 Å². The van der Waals surface area contributed by atoms with Gasteiger partial charge in [0.25, 0.3) is 33.7 Å². The Morgan fingerprint density at radius 1 is 0.532 bits per heavy atom. The molecule has 398 valence electrons. The van der Waals surface area contributed by atoms with Crippen LogP contribution in [0, 0.1) is 0 Å². The van der Waals surface area contributed by atoms with Gasteiger partial charge in [0.15, 0.2) is 0 Å². The highest BCUT2D eigenvalue weighted by molar-refractivity contribution is 7.85. The van der Waals surface area contributed by atoms with Crippen molar-refractivity contribution in [2.45, 2.75) is 25.7 Å². The number of pyridine rings is 2. The molecule has 0 atom stereocenters. The number of anilines is 4. The fourth-order valence-corrected chi connectivity index (χ4v) is 8.73. The van der Waals surface area contributed by atoms with Crippen molar-refractivity contribution >= 4 is 113 Å². The first-order chi connectivity index (χ1) is 37.1. The van der Waals surface area contributed by atoms with Gasteiger partial charge in [0, 0.05) is 129 Å². The van der Waals surface area contributed by atoms with Crippen LogP contribution in [0.4, 0.5) is 22.7 Å². The number of nitrogens with one attached hydrogen (secondary N) is 8. The van der Waals surface area contributed by atoms with E-state index in [1.54, 1.807) is 73.1 Å². The Morgan fingerprint density at radius 2 is 0.935 bits per heavy atom. The minimum atomic E-state index is -3.67. The van der Waals surface area contributed by atoms with Crippen molar-refractivity contribution in [1.29, 1.82) is 0 Å². The van der Waals surface area contributed by atoms with Crippen LogP contribution in [-0.4, -0.2) is 117 Å². The SMILES string of the molecule is CS(=O)(=O)O.O=C(NCCCCNc1ccnc2cc(Cl)ccc12)c1cc(NC(=O)c2ccc(C(=O)Nc3cc(C(=O)NCCCCNc4ccnc5cc(Cl)ccc45)cc(C4=NCCN4)c3)cc2)cc(C2=NCCN2)c1. The van der Waals surface area contributed by atoms with Crippen LogP contribution in [0.15, 0.2) is 132 Å². The normalized spacial score (nSPS) is 12.8. The predicted octanol–water partition coefficient (Wildman–Crippen LogP) is 8.04. The van der Waals surface area contributed by atoms with E-state index in [0.29, 0.717) is 125 Å². The molecule has 7 aromatic rings. The number of carbonyl (C=O) groups excluding carboxylic acids is 4. The monoisotopic (exact) mass is 1100 g/mol. The summed E-state index contributed by atoms with van der Waals surface area (Å²) in [5, 5.41) is 28.5. The highest BCUT2D eigenvalue weighted by Gasteiger charge is 2.19. The third-order valence-corrected chi connectivity index (χ3v) is 12.5. The third kappa shape index (κ3) is 15.9. The van der Waals surface area contributed by atoms with E-state index in [2.05, 4.69) is 62.5 Å². The van der Waals surface area contributed by atoms with Crippen molar-refractivity contribution in [2.75, 3.05) is 79.9 Å². The second-order valence-electron chi connectivity index (χ2n) is 18.0. The molecule has 2 aliphatic heterocycles. The molecule has 9 rings (SSSR count). The van der Waals surface area contributed by atoms with Crippen LogP contribution in [0.25, 0.3) is 21.8 Å². The van der Waals surface area contributed by atoms with Gasteiger partial charge in [-0.05, 0) is 135 Å². The number of carbonyl (C=O) groups is 4. The molecule has 9 N–H and O–H groups in total. The minimum absolute atomic E-state index is 0.278. The smallest absolute Gasteiger partial charge is 0.261 e. The van der Waals surface area contributed by atoms with Gasteiger partial charge in [-0.2, -0.15) is 8.42 Å². The summed E-state index contributed by atoms with van der Waals surface area (Å²) in [5.41, 5.74) is 7.08. The Hall–Kier alpha value is -8.17. The van der Waals surface area contributed by atoms with Gasteiger partial charge in [-0.3, -0.25) is 43.7 Å². The molecule has 5 aromatic carbocycles. The zero-order chi connectivity index (χ0) is 54.3. The molecule has 0 saturated heterocycles. The number of rotatable bonds is 20. The minimum Gasteiger partial charge on any atom is -0.384 e. The molecular formula is C55H56Cl2N12O7S. The number of unbranched alkanes of at least 4 members (excludes halogenated alkanes) is 2. The number of amidine groups is 2. The van der Waals surface area contributed by atoms with Crippen LogP contribution in [0.3, 0.4) is 0 Å². The van der Waals surface area contributed by atoms with Crippen LogP contribution >= 0.6 is 23.2 Å². The second kappa shape index (κ2) is 26.1. The van der Waals surface area contributed by atoms with E-state index in [0.717, 1.165) is 58.9 Å². The number of benzene rings is 5. The average molecular weight is 1100 g/mol. The fourth-order valence-electron chi connectivity index (χ4n) is 8.40. The van der Waals surface area contributed by atoms with Crippen molar-refractivity contribution in [2.24, 2.45) is 9.98 Å². The van der Waals surface area contributed by atoms with Crippen LogP contribution in [0.5, 0.6) is 0 Å². The van der Waals surface area contributed by atoms with Gasteiger partial charge < -0.3 is 42.5 Å². The number of aliphatic imine (C=N–C) groups is 2. The largest absolute Gasteiger partial charge is 0.384 e. The van der Waals surface area contributed by atoms with Gasteiger partial charge in [-0.25, -0.2) is 0 Å². The number of hydrogen-bond acceptors (Lipinski definition) is 14. The van der Waals surface area contributed by atoms with Crippen molar-refractivity contribution < 1.29 is 32.1 Å². The summed E-state index contributed by atoms with van der Waals surface area (Å²) in [6.45, 7) is 4.85. The molecule has 0 saturated carbocycles. The van der Waals surface area contributed by atoms with Crippen molar-refractivity contribution in [3.05, 3.63) is 165 Å². The number of halogens is 2.